The van der Waals surface area contributed by atoms with Crippen molar-refractivity contribution in [2.24, 2.45) is 5.92 Å². The lowest BCUT2D eigenvalue weighted by molar-refractivity contribution is -0.127. The summed E-state index contributed by atoms with van der Waals surface area (Å²) in [6.07, 6.45) is 2.30. The Bertz CT molecular complexity index is 431. The Balaban J connectivity index is 1.86. The van der Waals surface area contributed by atoms with Crippen LogP contribution in [0.1, 0.15) is 24.4 Å². The van der Waals surface area contributed by atoms with Gasteiger partial charge in [0.2, 0.25) is 5.91 Å². The number of carbonyl (C=O) groups is 1. The van der Waals surface area contributed by atoms with Crippen LogP contribution in [0.15, 0.2) is 24.3 Å². The summed E-state index contributed by atoms with van der Waals surface area (Å²) in [6.45, 7) is 0.996. The minimum atomic E-state index is -0.0899. The predicted molar refractivity (Wildman–Crippen MR) is 77.8 cm³/mol. The van der Waals surface area contributed by atoms with E-state index in [0.29, 0.717) is 24.2 Å². The number of hydrogen-bond acceptors (Lipinski definition) is 3. The average Bonchev–Trinajstić information content (AvgIpc) is 3.27. The minimum absolute atomic E-state index is 0.0609. The Kier molecular flexibility index (Phi) is 5.83. The van der Waals surface area contributed by atoms with Crippen LogP contribution in [0.4, 0.5) is 0 Å². The van der Waals surface area contributed by atoms with Crippen molar-refractivity contribution in [3.63, 3.8) is 0 Å². The summed E-state index contributed by atoms with van der Waals surface area (Å²) < 4.78 is 10.1. The van der Waals surface area contributed by atoms with Crippen LogP contribution < -0.4 is 5.32 Å². The molecule has 1 N–H and O–H groups in total. The van der Waals surface area contributed by atoms with Crippen molar-refractivity contribution < 1.29 is 14.3 Å². The van der Waals surface area contributed by atoms with E-state index in [1.54, 1.807) is 7.11 Å². The number of ether oxygens (including phenoxy) is 2. The maximum atomic E-state index is 11.9. The number of hydrogen-bond donors (Lipinski definition) is 1. The highest BCUT2D eigenvalue weighted by Gasteiger charge is 2.33. The Morgan fingerprint density at radius 1 is 1.35 bits per heavy atom. The number of rotatable bonds is 8. The van der Waals surface area contributed by atoms with Gasteiger partial charge < -0.3 is 14.8 Å². The van der Waals surface area contributed by atoms with Crippen molar-refractivity contribution in [3.8, 4) is 0 Å². The summed E-state index contributed by atoms with van der Waals surface area (Å²) in [4.78, 5) is 11.9. The van der Waals surface area contributed by atoms with Crippen LogP contribution in [0.5, 0.6) is 0 Å². The van der Waals surface area contributed by atoms with Crippen LogP contribution in [0.3, 0.4) is 0 Å². The summed E-state index contributed by atoms with van der Waals surface area (Å²) >= 11 is 5.90. The van der Waals surface area contributed by atoms with Gasteiger partial charge in [0.25, 0.3) is 0 Å². The second kappa shape index (κ2) is 7.62. The lowest BCUT2D eigenvalue weighted by atomic mass is 10.0. The average molecular weight is 298 g/mol. The summed E-state index contributed by atoms with van der Waals surface area (Å²) in [5, 5.41) is 3.75. The van der Waals surface area contributed by atoms with Crippen molar-refractivity contribution in [3.05, 3.63) is 34.9 Å². The Morgan fingerprint density at radius 3 is 2.65 bits per heavy atom. The summed E-state index contributed by atoms with van der Waals surface area (Å²) in [7, 11) is 1.60. The molecule has 1 fully saturated rings. The van der Waals surface area contributed by atoms with Gasteiger partial charge in [-0.3, -0.25) is 4.79 Å². The molecule has 0 bridgehead atoms. The van der Waals surface area contributed by atoms with Crippen molar-refractivity contribution in [2.45, 2.75) is 18.9 Å². The van der Waals surface area contributed by atoms with Crippen molar-refractivity contribution in [2.75, 3.05) is 26.9 Å². The predicted octanol–water partition coefficient (Wildman–Crippen LogP) is 2.57. The molecule has 5 heteroatoms. The lowest BCUT2D eigenvalue weighted by Crippen LogP contribution is -2.33. The SMILES string of the molecule is COCCOCC(=O)NC(c1ccc(Cl)cc1)C1CC1. The second-order valence-electron chi connectivity index (χ2n) is 4.98. The summed E-state index contributed by atoms with van der Waals surface area (Å²) in [6, 6.07) is 7.71. The van der Waals surface area contributed by atoms with Gasteiger partial charge in [-0.15, -0.1) is 0 Å². The summed E-state index contributed by atoms with van der Waals surface area (Å²) in [5.74, 6) is 0.437. The third-order valence-electron chi connectivity index (χ3n) is 3.30. The number of nitrogens with one attached hydrogen (secondary N) is 1. The third kappa shape index (κ3) is 4.78. The monoisotopic (exact) mass is 297 g/mol. The van der Waals surface area contributed by atoms with Crippen LogP contribution in [0.2, 0.25) is 5.02 Å². The molecule has 20 heavy (non-hydrogen) atoms. The molecule has 1 aliphatic carbocycles. The highest BCUT2D eigenvalue weighted by molar-refractivity contribution is 6.30. The molecule has 1 aliphatic rings. The van der Waals surface area contributed by atoms with E-state index < -0.39 is 0 Å². The van der Waals surface area contributed by atoms with Crippen LogP contribution in [0, 0.1) is 5.92 Å². The van der Waals surface area contributed by atoms with Crippen LogP contribution in [-0.4, -0.2) is 32.8 Å². The highest BCUT2D eigenvalue weighted by atomic mass is 35.5. The zero-order chi connectivity index (χ0) is 14.4. The fourth-order valence-corrected chi connectivity index (χ4v) is 2.22. The molecule has 0 saturated heterocycles. The largest absolute Gasteiger partial charge is 0.382 e. The molecule has 1 aromatic rings. The number of methoxy groups -OCH3 is 1. The lowest BCUT2D eigenvalue weighted by Gasteiger charge is -2.19. The van der Waals surface area contributed by atoms with Crippen molar-refractivity contribution in [1.29, 1.82) is 0 Å². The molecular formula is C15H20ClNO3. The van der Waals surface area contributed by atoms with Gasteiger partial charge in [-0.25, -0.2) is 0 Å². The molecule has 0 heterocycles. The first kappa shape index (κ1) is 15.3. The van der Waals surface area contributed by atoms with Crippen molar-refractivity contribution >= 4 is 17.5 Å². The van der Waals surface area contributed by atoms with Gasteiger partial charge in [0.05, 0.1) is 19.3 Å². The Hall–Kier alpha value is -1.10. The van der Waals surface area contributed by atoms with Gasteiger partial charge in [-0.1, -0.05) is 23.7 Å². The molecule has 0 aromatic heterocycles. The first-order chi connectivity index (χ1) is 9.70. The van der Waals surface area contributed by atoms with E-state index in [1.807, 2.05) is 24.3 Å². The number of amides is 1. The van der Waals surface area contributed by atoms with Gasteiger partial charge in [0, 0.05) is 12.1 Å². The molecule has 1 amide bonds. The Morgan fingerprint density at radius 2 is 2.05 bits per heavy atom. The second-order valence-corrected chi connectivity index (χ2v) is 5.42. The third-order valence-corrected chi connectivity index (χ3v) is 3.56. The molecule has 0 radical (unpaired) electrons. The summed E-state index contributed by atoms with van der Waals surface area (Å²) in [5.41, 5.74) is 1.10. The first-order valence-corrected chi connectivity index (χ1v) is 7.20. The van der Waals surface area contributed by atoms with Gasteiger partial charge in [0.1, 0.15) is 6.61 Å². The molecule has 1 saturated carbocycles. The van der Waals surface area contributed by atoms with E-state index in [-0.39, 0.29) is 18.6 Å². The number of halogens is 1. The molecule has 1 aromatic carbocycles. The van der Waals surface area contributed by atoms with Gasteiger partial charge in [-0.05, 0) is 36.5 Å². The molecule has 110 valence electrons. The number of carbonyl (C=O) groups excluding carboxylic acids is 1. The topological polar surface area (TPSA) is 47.6 Å². The van der Waals surface area contributed by atoms with Crippen LogP contribution in [-0.2, 0) is 14.3 Å². The van der Waals surface area contributed by atoms with Gasteiger partial charge >= 0.3 is 0 Å². The van der Waals surface area contributed by atoms with E-state index in [4.69, 9.17) is 21.1 Å². The van der Waals surface area contributed by atoms with Crippen molar-refractivity contribution in [1.82, 2.24) is 5.32 Å². The van der Waals surface area contributed by atoms with Crippen LogP contribution >= 0.6 is 11.6 Å². The standard InChI is InChI=1S/C15H20ClNO3/c1-19-8-9-20-10-14(18)17-15(11-2-3-11)12-4-6-13(16)7-5-12/h4-7,11,15H,2-3,8-10H2,1H3,(H,17,18). The molecule has 4 nitrogen and oxygen atoms in total. The smallest absolute Gasteiger partial charge is 0.246 e. The molecule has 2 rings (SSSR count). The zero-order valence-corrected chi connectivity index (χ0v) is 12.4. The zero-order valence-electron chi connectivity index (χ0n) is 11.6. The normalized spacial score (nSPS) is 15.9. The van der Waals surface area contributed by atoms with E-state index in [1.165, 1.54) is 0 Å². The van der Waals surface area contributed by atoms with E-state index in [2.05, 4.69) is 5.32 Å². The van der Waals surface area contributed by atoms with E-state index >= 15 is 0 Å². The van der Waals surface area contributed by atoms with Gasteiger partial charge in [-0.2, -0.15) is 0 Å². The molecule has 0 aliphatic heterocycles. The Labute approximate surface area is 124 Å². The molecule has 1 unspecified atom stereocenters. The molecule has 0 spiro atoms. The minimum Gasteiger partial charge on any atom is -0.382 e. The van der Waals surface area contributed by atoms with E-state index in [0.717, 1.165) is 18.4 Å². The fraction of sp³-hybridized carbons (Fsp3) is 0.533. The first-order valence-electron chi connectivity index (χ1n) is 6.82. The van der Waals surface area contributed by atoms with Gasteiger partial charge in [0.15, 0.2) is 0 Å². The van der Waals surface area contributed by atoms with E-state index in [9.17, 15) is 4.79 Å². The number of benzene rings is 1. The maximum absolute atomic E-state index is 11.9. The quantitative estimate of drug-likeness (QED) is 0.750. The molecule has 1 atom stereocenters. The fourth-order valence-electron chi connectivity index (χ4n) is 2.10. The highest BCUT2D eigenvalue weighted by Crippen LogP contribution is 2.41. The van der Waals surface area contributed by atoms with Crippen LogP contribution in [0.25, 0.3) is 0 Å². The maximum Gasteiger partial charge on any atom is 0.246 e. The molecular weight excluding hydrogens is 278 g/mol.